The molecule has 1 aliphatic heterocycles. The first-order valence-electron chi connectivity index (χ1n) is 5.20. The molecule has 1 aliphatic rings. The Morgan fingerprint density at radius 3 is 2.62 bits per heavy atom. The number of piperidine rings is 1. The van der Waals surface area contributed by atoms with Crippen LogP contribution in [0.15, 0.2) is 0 Å². The molecule has 1 fully saturated rings. The van der Waals surface area contributed by atoms with E-state index in [4.69, 9.17) is 4.74 Å². The van der Waals surface area contributed by atoms with E-state index in [9.17, 15) is 4.79 Å². The van der Waals surface area contributed by atoms with Gasteiger partial charge in [-0.15, -0.1) is 0 Å². The van der Waals surface area contributed by atoms with E-state index in [1.807, 2.05) is 11.8 Å². The molecule has 0 unspecified atom stereocenters. The SMILES string of the molecule is CCOCCC(=O)N1CCCCC1. The first-order chi connectivity index (χ1) is 6.34. The lowest BCUT2D eigenvalue weighted by atomic mass is 10.1. The van der Waals surface area contributed by atoms with Gasteiger partial charge in [-0.3, -0.25) is 4.79 Å². The Hall–Kier alpha value is -0.570. The van der Waals surface area contributed by atoms with Crippen molar-refractivity contribution in [2.24, 2.45) is 0 Å². The lowest BCUT2D eigenvalue weighted by molar-refractivity contribution is -0.133. The van der Waals surface area contributed by atoms with Crippen molar-refractivity contribution in [3.63, 3.8) is 0 Å². The van der Waals surface area contributed by atoms with Crippen molar-refractivity contribution in [2.45, 2.75) is 32.6 Å². The van der Waals surface area contributed by atoms with Gasteiger partial charge < -0.3 is 9.64 Å². The number of likely N-dealkylation sites (tertiary alicyclic amines) is 1. The van der Waals surface area contributed by atoms with Gasteiger partial charge in [-0.2, -0.15) is 0 Å². The fourth-order valence-electron chi connectivity index (χ4n) is 1.61. The van der Waals surface area contributed by atoms with E-state index in [2.05, 4.69) is 0 Å². The maximum absolute atomic E-state index is 11.5. The van der Waals surface area contributed by atoms with E-state index < -0.39 is 0 Å². The molecule has 0 N–H and O–H groups in total. The Morgan fingerprint density at radius 2 is 2.00 bits per heavy atom. The summed E-state index contributed by atoms with van der Waals surface area (Å²) in [6.45, 7) is 5.13. The number of ether oxygens (including phenoxy) is 1. The molecule has 13 heavy (non-hydrogen) atoms. The zero-order valence-corrected chi connectivity index (χ0v) is 8.42. The molecule has 0 spiro atoms. The first kappa shape index (κ1) is 10.5. The van der Waals surface area contributed by atoms with Gasteiger partial charge in [0, 0.05) is 19.7 Å². The fraction of sp³-hybridized carbons (Fsp3) is 0.900. The summed E-state index contributed by atoms with van der Waals surface area (Å²) in [7, 11) is 0. The van der Waals surface area contributed by atoms with E-state index in [0.717, 1.165) is 13.1 Å². The molecular formula is C10H19NO2. The maximum Gasteiger partial charge on any atom is 0.224 e. The highest BCUT2D eigenvalue weighted by atomic mass is 16.5. The molecule has 0 saturated carbocycles. The maximum atomic E-state index is 11.5. The van der Waals surface area contributed by atoms with Gasteiger partial charge in [0.05, 0.1) is 13.0 Å². The number of amides is 1. The van der Waals surface area contributed by atoms with Crippen LogP contribution in [0.25, 0.3) is 0 Å². The zero-order valence-electron chi connectivity index (χ0n) is 8.42. The van der Waals surface area contributed by atoms with Gasteiger partial charge in [0.25, 0.3) is 0 Å². The minimum atomic E-state index is 0.258. The van der Waals surface area contributed by atoms with Crippen molar-refractivity contribution in [2.75, 3.05) is 26.3 Å². The zero-order chi connectivity index (χ0) is 9.52. The molecule has 0 aromatic rings. The Labute approximate surface area is 80.1 Å². The van der Waals surface area contributed by atoms with Crippen LogP contribution in [0.2, 0.25) is 0 Å². The molecule has 0 aromatic carbocycles. The number of hydrogen-bond donors (Lipinski definition) is 0. The lowest BCUT2D eigenvalue weighted by Crippen LogP contribution is -2.36. The second kappa shape index (κ2) is 5.97. The van der Waals surface area contributed by atoms with Crippen LogP contribution in [0.5, 0.6) is 0 Å². The van der Waals surface area contributed by atoms with Crippen LogP contribution in [0.4, 0.5) is 0 Å². The minimum absolute atomic E-state index is 0.258. The Balaban J connectivity index is 2.13. The third kappa shape index (κ3) is 3.77. The van der Waals surface area contributed by atoms with Gasteiger partial charge in [0.2, 0.25) is 5.91 Å². The predicted molar refractivity (Wildman–Crippen MR) is 51.5 cm³/mol. The second-order valence-electron chi connectivity index (χ2n) is 3.39. The van der Waals surface area contributed by atoms with Crippen molar-refractivity contribution in [1.82, 2.24) is 4.90 Å². The summed E-state index contributed by atoms with van der Waals surface area (Å²) in [6.07, 6.45) is 4.16. The molecule has 3 nitrogen and oxygen atoms in total. The van der Waals surface area contributed by atoms with Crippen LogP contribution in [-0.2, 0) is 9.53 Å². The number of nitrogens with zero attached hydrogens (tertiary/aromatic N) is 1. The molecule has 1 amide bonds. The number of carbonyl (C=O) groups is 1. The van der Waals surface area contributed by atoms with Gasteiger partial charge in [-0.25, -0.2) is 0 Å². The van der Waals surface area contributed by atoms with E-state index in [0.29, 0.717) is 19.6 Å². The fourth-order valence-corrected chi connectivity index (χ4v) is 1.61. The normalized spacial score (nSPS) is 17.5. The molecule has 1 saturated heterocycles. The number of carbonyl (C=O) groups excluding carboxylic acids is 1. The minimum Gasteiger partial charge on any atom is -0.381 e. The van der Waals surface area contributed by atoms with Gasteiger partial charge in [-0.1, -0.05) is 0 Å². The smallest absolute Gasteiger partial charge is 0.224 e. The summed E-state index contributed by atoms with van der Waals surface area (Å²) in [6, 6.07) is 0. The van der Waals surface area contributed by atoms with Crippen LogP contribution in [0.3, 0.4) is 0 Å². The monoisotopic (exact) mass is 185 g/mol. The molecule has 0 radical (unpaired) electrons. The summed E-state index contributed by atoms with van der Waals surface area (Å²) in [4.78, 5) is 13.5. The topological polar surface area (TPSA) is 29.5 Å². The summed E-state index contributed by atoms with van der Waals surface area (Å²) in [5.74, 6) is 0.258. The lowest BCUT2D eigenvalue weighted by Gasteiger charge is -2.26. The van der Waals surface area contributed by atoms with Crippen LogP contribution >= 0.6 is 0 Å². The Kier molecular flexibility index (Phi) is 4.83. The number of hydrogen-bond acceptors (Lipinski definition) is 2. The van der Waals surface area contributed by atoms with E-state index >= 15 is 0 Å². The summed E-state index contributed by atoms with van der Waals surface area (Å²) in [5, 5.41) is 0. The quantitative estimate of drug-likeness (QED) is 0.620. The van der Waals surface area contributed by atoms with E-state index in [1.54, 1.807) is 0 Å². The van der Waals surface area contributed by atoms with Crippen LogP contribution in [0, 0.1) is 0 Å². The van der Waals surface area contributed by atoms with Gasteiger partial charge >= 0.3 is 0 Å². The Bertz CT molecular complexity index is 153. The van der Waals surface area contributed by atoms with Gasteiger partial charge in [-0.05, 0) is 26.2 Å². The molecule has 0 atom stereocenters. The van der Waals surface area contributed by atoms with Crippen molar-refractivity contribution in [1.29, 1.82) is 0 Å². The molecule has 3 heteroatoms. The average molecular weight is 185 g/mol. The highest BCUT2D eigenvalue weighted by molar-refractivity contribution is 5.76. The average Bonchev–Trinajstić information content (AvgIpc) is 2.19. The van der Waals surface area contributed by atoms with Gasteiger partial charge in [0.15, 0.2) is 0 Å². The summed E-state index contributed by atoms with van der Waals surface area (Å²) >= 11 is 0. The Morgan fingerprint density at radius 1 is 1.31 bits per heavy atom. The van der Waals surface area contributed by atoms with Crippen molar-refractivity contribution < 1.29 is 9.53 Å². The molecule has 76 valence electrons. The molecule has 0 aromatic heterocycles. The third-order valence-corrected chi connectivity index (χ3v) is 2.37. The largest absolute Gasteiger partial charge is 0.381 e. The molecule has 0 aliphatic carbocycles. The van der Waals surface area contributed by atoms with Crippen LogP contribution in [-0.4, -0.2) is 37.1 Å². The molecular weight excluding hydrogens is 166 g/mol. The standard InChI is InChI=1S/C10H19NO2/c1-2-13-9-6-10(12)11-7-4-3-5-8-11/h2-9H2,1H3. The highest BCUT2D eigenvalue weighted by Crippen LogP contribution is 2.09. The second-order valence-corrected chi connectivity index (χ2v) is 3.39. The van der Waals surface area contributed by atoms with Crippen molar-refractivity contribution in [3.8, 4) is 0 Å². The molecule has 0 bridgehead atoms. The van der Waals surface area contributed by atoms with Gasteiger partial charge in [0.1, 0.15) is 0 Å². The first-order valence-corrected chi connectivity index (χ1v) is 5.20. The molecule has 1 rings (SSSR count). The van der Waals surface area contributed by atoms with E-state index in [1.165, 1.54) is 19.3 Å². The van der Waals surface area contributed by atoms with E-state index in [-0.39, 0.29) is 5.91 Å². The van der Waals surface area contributed by atoms with Crippen LogP contribution in [0.1, 0.15) is 32.6 Å². The summed E-state index contributed by atoms with van der Waals surface area (Å²) in [5.41, 5.74) is 0. The third-order valence-electron chi connectivity index (χ3n) is 2.37. The summed E-state index contributed by atoms with van der Waals surface area (Å²) < 4.78 is 5.15. The number of rotatable bonds is 4. The highest BCUT2D eigenvalue weighted by Gasteiger charge is 2.15. The predicted octanol–water partition coefficient (Wildman–Crippen LogP) is 1.43. The van der Waals surface area contributed by atoms with Crippen LogP contribution < -0.4 is 0 Å². The van der Waals surface area contributed by atoms with Crippen molar-refractivity contribution in [3.05, 3.63) is 0 Å². The van der Waals surface area contributed by atoms with Crippen molar-refractivity contribution >= 4 is 5.91 Å². The molecule has 1 heterocycles.